The standard InChI is InChI=1S/C9H12N2O/c1-12-9-3-2-6(5-11-9)7-4-8(7)10/h2-3,5,7-8H,4,10H2,1H3/t7-,8+/m0/s1. The number of hydrogen-bond donors (Lipinski definition) is 1. The molecule has 3 heteroatoms. The molecular formula is C9H12N2O. The predicted octanol–water partition coefficient (Wildman–Crippen LogP) is 0.905. The Labute approximate surface area is 71.6 Å². The lowest BCUT2D eigenvalue weighted by Gasteiger charge is -1.99. The number of ether oxygens (including phenoxy) is 1. The summed E-state index contributed by atoms with van der Waals surface area (Å²) < 4.78 is 4.95. The van der Waals surface area contributed by atoms with Gasteiger partial charge in [0.25, 0.3) is 0 Å². The Hall–Kier alpha value is -1.09. The third-order valence-electron chi connectivity index (χ3n) is 2.24. The van der Waals surface area contributed by atoms with Crippen LogP contribution in [0.1, 0.15) is 17.9 Å². The molecule has 3 nitrogen and oxygen atoms in total. The SMILES string of the molecule is COc1ccc([C@@H]2C[C@H]2N)cn1. The Morgan fingerprint density at radius 2 is 2.33 bits per heavy atom. The van der Waals surface area contributed by atoms with Gasteiger partial charge in [-0.3, -0.25) is 0 Å². The Morgan fingerprint density at radius 3 is 2.75 bits per heavy atom. The van der Waals surface area contributed by atoms with E-state index in [9.17, 15) is 0 Å². The zero-order chi connectivity index (χ0) is 8.55. The van der Waals surface area contributed by atoms with Crippen molar-refractivity contribution in [1.82, 2.24) is 4.98 Å². The van der Waals surface area contributed by atoms with Crippen LogP contribution in [-0.4, -0.2) is 18.1 Å². The summed E-state index contributed by atoms with van der Waals surface area (Å²) in [6.07, 6.45) is 2.93. The second-order valence-corrected chi connectivity index (χ2v) is 3.14. The van der Waals surface area contributed by atoms with Crippen molar-refractivity contribution in [3.05, 3.63) is 23.9 Å². The highest BCUT2D eigenvalue weighted by atomic mass is 16.5. The van der Waals surface area contributed by atoms with Crippen molar-refractivity contribution in [2.75, 3.05) is 7.11 Å². The van der Waals surface area contributed by atoms with Gasteiger partial charge in [0.05, 0.1) is 7.11 Å². The number of nitrogens with zero attached hydrogens (tertiary/aromatic N) is 1. The second kappa shape index (κ2) is 2.75. The molecule has 0 bridgehead atoms. The Morgan fingerprint density at radius 1 is 1.58 bits per heavy atom. The molecule has 0 aromatic carbocycles. The first-order valence-corrected chi connectivity index (χ1v) is 4.07. The van der Waals surface area contributed by atoms with Crippen molar-refractivity contribution in [3.63, 3.8) is 0 Å². The molecule has 1 aromatic rings. The van der Waals surface area contributed by atoms with Crippen molar-refractivity contribution in [2.24, 2.45) is 5.73 Å². The number of hydrogen-bond acceptors (Lipinski definition) is 3. The zero-order valence-electron chi connectivity index (χ0n) is 7.03. The summed E-state index contributed by atoms with van der Waals surface area (Å²) in [5.41, 5.74) is 6.94. The minimum atomic E-state index is 0.347. The lowest BCUT2D eigenvalue weighted by molar-refractivity contribution is 0.397. The van der Waals surface area contributed by atoms with Crippen LogP contribution >= 0.6 is 0 Å². The second-order valence-electron chi connectivity index (χ2n) is 3.14. The fourth-order valence-corrected chi connectivity index (χ4v) is 1.33. The Kier molecular flexibility index (Phi) is 1.73. The summed E-state index contributed by atoms with van der Waals surface area (Å²) in [4.78, 5) is 4.12. The predicted molar refractivity (Wildman–Crippen MR) is 46.1 cm³/mol. The molecule has 12 heavy (non-hydrogen) atoms. The van der Waals surface area contributed by atoms with E-state index in [2.05, 4.69) is 4.98 Å². The minimum Gasteiger partial charge on any atom is -0.481 e. The normalized spacial score (nSPS) is 26.8. The van der Waals surface area contributed by atoms with Crippen molar-refractivity contribution in [3.8, 4) is 5.88 Å². The van der Waals surface area contributed by atoms with E-state index in [-0.39, 0.29) is 0 Å². The largest absolute Gasteiger partial charge is 0.481 e. The highest BCUT2D eigenvalue weighted by Gasteiger charge is 2.34. The first-order valence-electron chi connectivity index (χ1n) is 4.07. The van der Waals surface area contributed by atoms with Crippen LogP contribution in [0.3, 0.4) is 0 Å². The average Bonchev–Trinajstić information content (AvgIpc) is 2.83. The maximum absolute atomic E-state index is 5.71. The highest BCUT2D eigenvalue weighted by Crippen LogP contribution is 2.38. The van der Waals surface area contributed by atoms with Crippen LogP contribution < -0.4 is 10.5 Å². The molecule has 0 saturated heterocycles. The highest BCUT2D eigenvalue weighted by molar-refractivity contribution is 5.27. The van der Waals surface area contributed by atoms with Crippen molar-refractivity contribution < 1.29 is 4.74 Å². The maximum Gasteiger partial charge on any atom is 0.212 e. The van der Waals surface area contributed by atoms with Crippen LogP contribution in [-0.2, 0) is 0 Å². The molecule has 1 aliphatic carbocycles. The van der Waals surface area contributed by atoms with Crippen LogP contribution in [0.5, 0.6) is 5.88 Å². The molecule has 0 aliphatic heterocycles. The number of methoxy groups -OCH3 is 1. The van der Waals surface area contributed by atoms with Crippen LogP contribution in [0.15, 0.2) is 18.3 Å². The van der Waals surface area contributed by atoms with E-state index >= 15 is 0 Å². The molecule has 1 aliphatic rings. The van der Waals surface area contributed by atoms with Crippen LogP contribution in [0, 0.1) is 0 Å². The van der Waals surface area contributed by atoms with Gasteiger partial charge in [-0.15, -0.1) is 0 Å². The van der Waals surface area contributed by atoms with Crippen LogP contribution in [0.2, 0.25) is 0 Å². The molecule has 2 N–H and O–H groups in total. The first-order chi connectivity index (χ1) is 5.81. The summed E-state index contributed by atoms with van der Waals surface area (Å²) in [5.74, 6) is 1.19. The maximum atomic E-state index is 5.71. The summed E-state index contributed by atoms with van der Waals surface area (Å²) in [5, 5.41) is 0. The van der Waals surface area contributed by atoms with E-state index in [1.165, 1.54) is 5.56 Å². The topological polar surface area (TPSA) is 48.1 Å². The van der Waals surface area contributed by atoms with E-state index in [0.29, 0.717) is 17.8 Å². The number of nitrogens with two attached hydrogens (primary N) is 1. The fraction of sp³-hybridized carbons (Fsp3) is 0.444. The van der Waals surface area contributed by atoms with Gasteiger partial charge < -0.3 is 10.5 Å². The summed E-state index contributed by atoms with van der Waals surface area (Å²) in [6.45, 7) is 0. The number of rotatable bonds is 2. The van der Waals surface area contributed by atoms with Gasteiger partial charge in [-0.2, -0.15) is 0 Å². The summed E-state index contributed by atoms with van der Waals surface area (Å²) in [6, 6.07) is 4.25. The zero-order valence-corrected chi connectivity index (χ0v) is 7.03. The van der Waals surface area contributed by atoms with Crippen molar-refractivity contribution in [2.45, 2.75) is 18.4 Å². The number of aromatic nitrogens is 1. The molecule has 2 rings (SSSR count). The molecule has 1 aromatic heterocycles. The van der Waals surface area contributed by atoms with E-state index in [0.717, 1.165) is 6.42 Å². The molecule has 1 fully saturated rings. The molecular weight excluding hydrogens is 152 g/mol. The van der Waals surface area contributed by atoms with Gasteiger partial charge in [0.15, 0.2) is 0 Å². The summed E-state index contributed by atoms with van der Waals surface area (Å²) in [7, 11) is 1.62. The lowest BCUT2D eigenvalue weighted by Crippen LogP contribution is -2.01. The molecule has 1 heterocycles. The molecule has 0 spiro atoms. The third-order valence-corrected chi connectivity index (χ3v) is 2.24. The first kappa shape index (κ1) is 7.55. The van der Waals surface area contributed by atoms with Gasteiger partial charge in [-0.05, 0) is 12.0 Å². The van der Waals surface area contributed by atoms with Gasteiger partial charge in [0.1, 0.15) is 0 Å². The third kappa shape index (κ3) is 1.28. The minimum absolute atomic E-state index is 0.347. The molecule has 64 valence electrons. The molecule has 1 saturated carbocycles. The average molecular weight is 164 g/mol. The van der Waals surface area contributed by atoms with Crippen molar-refractivity contribution in [1.29, 1.82) is 0 Å². The summed E-state index contributed by atoms with van der Waals surface area (Å²) >= 11 is 0. The molecule has 2 atom stereocenters. The van der Waals surface area contributed by atoms with Gasteiger partial charge in [-0.1, -0.05) is 6.07 Å². The van der Waals surface area contributed by atoms with E-state index in [1.54, 1.807) is 7.11 Å². The smallest absolute Gasteiger partial charge is 0.212 e. The molecule has 0 amide bonds. The van der Waals surface area contributed by atoms with E-state index < -0.39 is 0 Å². The van der Waals surface area contributed by atoms with Gasteiger partial charge in [0, 0.05) is 24.2 Å². The van der Waals surface area contributed by atoms with Crippen molar-refractivity contribution >= 4 is 0 Å². The van der Waals surface area contributed by atoms with Crippen LogP contribution in [0.25, 0.3) is 0 Å². The lowest BCUT2D eigenvalue weighted by atomic mass is 10.2. The molecule has 0 radical (unpaired) electrons. The quantitative estimate of drug-likeness (QED) is 0.706. The fourth-order valence-electron chi connectivity index (χ4n) is 1.33. The monoisotopic (exact) mass is 164 g/mol. The van der Waals surface area contributed by atoms with E-state index in [1.807, 2.05) is 18.3 Å². The van der Waals surface area contributed by atoms with E-state index in [4.69, 9.17) is 10.5 Å². The van der Waals surface area contributed by atoms with Crippen LogP contribution in [0.4, 0.5) is 0 Å². The van der Waals surface area contributed by atoms with Gasteiger partial charge >= 0.3 is 0 Å². The Bertz CT molecular complexity index is 270. The Balaban J connectivity index is 2.14. The molecule has 0 unspecified atom stereocenters. The number of pyridine rings is 1. The van der Waals surface area contributed by atoms with Gasteiger partial charge in [0.2, 0.25) is 5.88 Å². The van der Waals surface area contributed by atoms with Gasteiger partial charge in [-0.25, -0.2) is 4.98 Å².